The van der Waals surface area contributed by atoms with E-state index in [2.05, 4.69) is 4.98 Å². The molecule has 1 N–H and O–H groups in total. The van der Waals surface area contributed by atoms with Gasteiger partial charge >= 0.3 is 6.18 Å². The summed E-state index contributed by atoms with van der Waals surface area (Å²) >= 11 is 0. The van der Waals surface area contributed by atoms with Crippen LogP contribution in [0.15, 0.2) is 36.7 Å². The number of phenolic OH excluding ortho intramolecular Hbond substituents is 1. The third-order valence-corrected chi connectivity index (χ3v) is 3.17. The van der Waals surface area contributed by atoms with Crippen LogP contribution in [0.1, 0.15) is 5.56 Å². The van der Waals surface area contributed by atoms with Crippen molar-refractivity contribution in [2.24, 2.45) is 0 Å². The summed E-state index contributed by atoms with van der Waals surface area (Å²) in [4.78, 5) is 5.30. The van der Waals surface area contributed by atoms with Crippen LogP contribution in [0.25, 0.3) is 0 Å². The molecule has 0 spiro atoms. The van der Waals surface area contributed by atoms with Crippen molar-refractivity contribution in [1.82, 2.24) is 4.98 Å². The van der Waals surface area contributed by atoms with E-state index in [1.165, 1.54) is 18.3 Å². The summed E-state index contributed by atoms with van der Waals surface area (Å²) in [5.41, 5.74) is 0.00976. The number of hydrogen-bond acceptors (Lipinski definition) is 4. The molecule has 3 rings (SSSR count). The van der Waals surface area contributed by atoms with Crippen molar-refractivity contribution in [3.8, 4) is 11.5 Å². The van der Waals surface area contributed by atoms with E-state index in [1.54, 1.807) is 11.0 Å². The van der Waals surface area contributed by atoms with E-state index in [9.17, 15) is 18.3 Å². The fraction of sp³-hybridized carbons (Fsp3) is 0.214. The number of nitrogens with zero attached hydrogens (tertiary/aromatic N) is 2. The molecule has 21 heavy (non-hydrogen) atoms. The molecule has 0 bridgehead atoms. The molecule has 2 heterocycles. The average molecular weight is 296 g/mol. The number of aromatic nitrogens is 1. The summed E-state index contributed by atoms with van der Waals surface area (Å²) in [5, 5.41) is 9.56. The maximum absolute atomic E-state index is 12.8. The monoisotopic (exact) mass is 296 g/mol. The average Bonchev–Trinajstić information content (AvgIpc) is 2.46. The number of pyridine rings is 1. The van der Waals surface area contributed by atoms with Crippen molar-refractivity contribution in [3.63, 3.8) is 0 Å². The maximum atomic E-state index is 12.8. The van der Waals surface area contributed by atoms with Crippen LogP contribution in [0.5, 0.6) is 11.5 Å². The highest BCUT2D eigenvalue weighted by Gasteiger charge is 2.32. The fourth-order valence-corrected chi connectivity index (χ4v) is 2.20. The Bertz CT molecular complexity index is 674. The molecule has 1 aromatic carbocycles. The van der Waals surface area contributed by atoms with Gasteiger partial charge in [-0.3, -0.25) is 4.98 Å². The molecular weight excluding hydrogens is 285 g/mol. The van der Waals surface area contributed by atoms with Crippen molar-refractivity contribution >= 4 is 11.4 Å². The second-order valence-corrected chi connectivity index (χ2v) is 4.58. The number of halogens is 3. The first-order valence-electron chi connectivity index (χ1n) is 6.21. The molecule has 0 unspecified atom stereocenters. The van der Waals surface area contributed by atoms with Gasteiger partial charge in [0.05, 0.1) is 29.7 Å². The number of fused-ring (bicyclic) bond motifs is 1. The number of phenols is 1. The van der Waals surface area contributed by atoms with Gasteiger partial charge < -0.3 is 14.7 Å². The van der Waals surface area contributed by atoms with Crippen LogP contribution >= 0.6 is 0 Å². The van der Waals surface area contributed by atoms with Crippen LogP contribution in [0.3, 0.4) is 0 Å². The number of rotatable bonds is 1. The molecular formula is C14H11F3N2O2. The topological polar surface area (TPSA) is 45.6 Å². The van der Waals surface area contributed by atoms with E-state index in [0.29, 0.717) is 30.3 Å². The van der Waals surface area contributed by atoms with Crippen LogP contribution in [0.2, 0.25) is 0 Å². The minimum atomic E-state index is -4.45. The smallest absolute Gasteiger partial charge is 0.417 e. The number of benzene rings is 1. The molecule has 0 radical (unpaired) electrons. The first-order valence-corrected chi connectivity index (χ1v) is 6.21. The van der Waals surface area contributed by atoms with Gasteiger partial charge in [0.25, 0.3) is 0 Å². The van der Waals surface area contributed by atoms with Gasteiger partial charge in [-0.25, -0.2) is 0 Å². The highest BCUT2D eigenvalue weighted by molar-refractivity contribution is 5.71. The Balaban J connectivity index is 2.05. The number of anilines is 2. The number of alkyl halides is 3. The van der Waals surface area contributed by atoms with Crippen LogP contribution in [-0.2, 0) is 6.18 Å². The second-order valence-electron chi connectivity index (χ2n) is 4.58. The van der Waals surface area contributed by atoms with Gasteiger partial charge in [-0.1, -0.05) is 0 Å². The van der Waals surface area contributed by atoms with Crippen molar-refractivity contribution < 1.29 is 23.0 Å². The highest BCUT2D eigenvalue weighted by atomic mass is 19.4. The zero-order valence-electron chi connectivity index (χ0n) is 10.8. The SMILES string of the molecule is Oc1ccc2c(c1)N(c1cncc(C(F)(F)F)c1)CCO2. The largest absolute Gasteiger partial charge is 0.508 e. The molecule has 110 valence electrons. The van der Waals surface area contributed by atoms with Gasteiger partial charge in [0.1, 0.15) is 18.1 Å². The van der Waals surface area contributed by atoms with E-state index in [0.717, 1.165) is 12.3 Å². The molecule has 0 amide bonds. The van der Waals surface area contributed by atoms with E-state index in [4.69, 9.17) is 4.74 Å². The first-order chi connectivity index (χ1) is 9.95. The lowest BCUT2D eigenvalue weighted by atomic mass is 10.2. The molecule has 1 aromatic heterocycles. The minimum absolute atomic E-state index is 0.0178. The summed E-state index contributed by atoms with van der Waals surface area (Å²) in [6.07, 6.45) is -2.31. The summed E-state index contributed by atoms with van der Waals surface area (Å²) in [6.45, 7) is 0.716. The van der Waals surface area contributed by atoms with Crippen LogP contribution in [0, 0.1) is 0 Å². The fourth-order valence-electron chi connectivity index (χ4n) is 2.20. The lowest BCUT2D eigenvalue weighted by Gasteiger charge is -2.31. The Labute approximate surface area is 118 Å². The van der Waals surface area contributed by atoms with Crippen LogP contribution < -0.4 is 9.64 Å². The Hall–Kier alpha value is -2.44. The van der Waals surface area contributed by atoms with Gasteiger partial charge in [-0.2, -0.15) is 13.2 Å². The third-order valence-electron chi connectivity index (χ3n) is 3.17. The number of ether oxygens (including phenoxy) is 1. The lowest BCUT2D eigenvalue weighted by Crippen LogP contribution is -2.28. The molecule has 0 saturated heterocycles. The van der Waals surface area contributed by atoms with Crippen molar-refractivity contribution in [2.45, 2.75) is 6.18 Å². The zero-order chi connectivity index (χ0) is 15.0. The summed E-state index contributed by atoms with van der Waals surface area (Å²) in [6, 6.07) is 5.53. The van der Waals surface area contributed by atoms with Crippen molar-refractivity contribution in [2.75, 3.05) is 18.1 Å². The molecule has 0 fully saturated rings. The molecule has 0 atom stereocenters. The molecule has 0 saturated carbocycles. The normalized spacial score (nSPS) is 14.5. The maximum Gasteiger partial charge on any atom is 0.417 e. The molecule has 7 heteroatoms. The molecule has 0 aliphatic carbocycles. The Morgan fingerprint density at radius 1 is 1.19 bits per heavy atom. The Morgan fingerprint density at radius 3 is 2.76 bits per heavy atom. The molecule has 1 aliphatic rings. The standard InChI is InChI=1S/C14H11F3N2O2/c15-14(16,17)9-5-10(8-18-7-9)19-3-4-21-13-2-1-11(20)6-12(13)19/h1-2,5-8,20H,3-4H2. The Kier molecular flexibility index (Phi) is 3.12. The quantitative estimate of drug-likeness (QED) is 0.876. The van der Waals surface area contributed by atoms with Gasteiger partial charge in [-0.05, 0) is 18.2 Å². The van der Waals surface area contributed by atoms with E-state index in [-0.39, 0.29) is 5.75 Å². The van der Waals surface area contributed by atoms with Crippen molar-refractivity contribution in [1.29, 1.82) is 0 Å². The predicted octanol–water partition coefficient (Wildman–Crippen LogP) is 3.34. The van der Waals surface area contributed by atoms with E-state index < -0.39 is 11.7 Å². The van der Waals surface area contributed by atoms with Crippen LogP contribution in [0.4, 0.5) is 24.5 Å². The molecule has 1 aliphatic heterocycles. The van der Waals surface area contributed by atoms with Gasteiger partial charge in [0, 0.05) is 12.3 Å². The third kappa shape index (κ3) is 2.58. The van der Waals surface area contributed by atoms with Gasteiger partial charge in [-0.15, -0.1) is 0 Å². The van der Waals surface area contributed by atoms with Crippen LogP contribution in [-0.4, -0.2) is 23.2 Å². The predicted molar refractivity (Wildman–Crippen MR) is 69.8 cm³/mol. The zero-order valence-corrected chi connectivity index (χ0v) is 10.8. The van der Waals surface area contributed by atoms with E-state index in [1.807, 2.05) is 0 Å². The number of aromatic hydroxyl groups is 1. The second kappa shape index (κ2) is 4.83. The van der Waals surface area contributed by atoms with Gasteiger partial charge in [0.2, 0.25) is 0 Å². The lowest BCUT2D eigenvalue weighted by molar-refractivity contribution is -0.137. The summed E-state index contributed by atoms with van der Waals surface area (Å²) in [5.74, 6) is 0.528. The summed E-state index contributed by atoms with van der Waals surface area (Å²) in [7, 11) is 0. The highest BCUT2D eigenvalue weighted by Crippen LogP contribution is 2.40. The summed E-state index contributed by atoms with van der Waals surface area (Å²) < 4.78 is 43.7. The molecule has 4 nitrogen and oxygen atoms in total. The Morgan fingerprint density at radius 2 is 2.00 bits per heavy atom. The van der Waals surface area contributed by atoms with Crippen molar-refractivity contribution in [3.05, 3.63) is 42.2 Å². The number of hydrogen-bond donors (Lipinski definition) is 1. The van der Waals surface area contributed by atoms with Gasteiger partial charge in [0.15, 0.2) is 0 Å². The molecule has 2 aromatic rings. The van der Waals surface area contributed by atoms with E-state index >= 15 is 0 Å². The minimum Gasteiger partial charge on any atom is -0.508 e. The first kappa shape index (κ1) is 13.5.